The third kappa shape index (κ3) is 4.00. The van der Waals surface area contributed by atoms with Crippen LogP contribution in [0.1, 0.15) is 17.3 Å². The molecule has 0 fully saturated rings. The molecule has 7 heteroatoms. The maximum atomic E-state index is 11.8. The van der Waals surface area contributed by atoms with Gasteiger partial charge in [0.1, 0.15) is 0 Å². The van der Waals surface area contributed by atoms with Gasteiger partial charge in [0.15, 0.2) is 0 Å². The summed E-state index contributed by atoms with van der Waals surface area (Å²) in [4.78, 5) is 18.2. The number of carbonyl (C=O) groups is 1. The van der Waals surface area contributed by atoms with Crippen LogP contribution in [0.15, 0.2) is 52.7 Å². The zero-order chi connectivity index (χ0) is 17.8. The van der Waals surface area contributed by atoms with Gasteiger partial charge in [0, 0.05) is 19.8 Å². The number of aromatic nitrogens is 1. The molecule has 3 aromatic rings. The van der Waals surface area contributed by atoms with Gasteiger partial charge in [-0.2, -0.15) is 0 Å². The molecule has 0 unspecified atom stereocenters. The molecule has 0 bridgehead atoms. The van der Waals surface area contributed by atoms with Crippen LogP contribution in [0, 0.1) is 0 Å². The number of carbonyl (C=O) groups excluding carboxylic acids is 1. The SMILES string of the molecule is CCOC(=O)c1ccc2nc(N=Nc3ccc(N(C)C)cc3)sc2c1. The van der Waals surface area contributed by atoms with Crippen molar-refractivity contribution in [2.24, 2.45) is 10.2 Å². The lowest BCUT2D eigenvalue weighted by Gasteiger charge is -2.11. The number of fused-ring (bicyclic) bond motifs is 1. The Kier molecular flexibility index (Phi) is 5.04. The maximum Gasteiger partial charge on any atom is 0.338 e. The van der Waals surface area contributed by atoms with E-state index >= 15 is 0 Å². The summed E-state index contributed by atoms with van der Waals surface area (Å²) >= 11 is 1.39. The fraction of sp³-hybridized carbons (Fsp3) is 0.222. The minimum absolute atomic E-state index is 0.332. The van der Waals surface area contributed by atoms with E-state index < -0.39 is 0 Å². The molecule has 0 spiro atoms. The number of nitrogens with zero attached hydrogens (tertiary/aromatic N) is 4. The lowest BCUT2D eigenvalue weighted by Crippen LogP contribution is -2.07. The van der Waals surface area contributed by atoms with Crippen molar-refractivity contribution in [3.8, 4) is 0 Å². The van der Waals surface area contributed by atoms with E-state index in [1.54, 1.807) is 25.1 Å². The largest absolute Gasteiger partial charge is 0.462 e. The summed E-state index contributed by atoms with van der Waals surface area (Å²) in [5, 5.41) is 8.97. The lowest BCUT2D eigenvalue weighted by molar-refractivity contribution is 0.0526. The second-order valence-corrected chi connectivity index (χ2v) is 6.52. The average molecular weight is 354 g/mol. The van der Waals surface area contributed by atoms with E-state index in [4.69, 9.17) is 4.74 Å². The van der Waals surface area contributed by atoms with Crippen LogP contribution in [0.25, 0.3) is 10.2 Å². The van der Waals surface area contributed by atoms with Crippen molar-refractivity contribution in [1.82, 2.24) is 4.98 Å². The number of esters is 1. The standard InChI is InChI=1S/C18H18N4O2S/c1-4-24-17(23)12-5-10-15-16(11-12)25-18(19-15)21-20-13-6-8-14(9-7-13)22(2)3/h5-11H,4H2,1-3H3. The van der Waals surface area contributed by atoms with Gasteiger partial charge in [0.05, 0.1) is 28.1 Å². The number of rotatable bonds is 5. The zero-order valence-corrected chi connectivity index (χ0v) is 15.1. The molecule has 0 aliphatic rings. The second kappa shape index (κ2) is 7.40. The van der Waals surface area contributed by atoms with Crippen LogP contribution in [0.2, 0.25) is 0 Å². The number of hydrogen-bond acceptors (Lipinski definition) is 7. The van der Waals surface area contributed by atoms with Crippen LogP contribution in [-0.4, -0.2) is 31.7 Å². The van der Waals surface area contributed by atoms with Crippen LogP contribution in [-0.2, 0) is 4.74 Å². The van der Waals surface area contributed by atoms with Crippen LogP contribution in [0.4, 0.5) is 16.5 Å². The molecule has 0 saturated heterocycles. The third-order valence-electron chi connectivity index (χ3n) is 3.51. The summed E-state index contributed by atoms with van der Waals surface area (Å²) in [6.07, 6.45) is 0. The normalized spacial score (nSPS) is 11.2. The smallest absolute Gasteiger partial charge is 0.338 e. The Morgan fingerprint density at radius 3 is 2.60 bits per heavy atom. The molecule has 2 aromatic carbocycles. The summed E-state index contributed by atoms with van der Waals surface area (Å²) in [6, 6.07) is 13.1. The van der Waals surface area contributed by atoms with E-state index in [1.807, 2.05) is 43.3 Å². The minimum atomic E-state index is -0.332. The Hall–Kier alpha value is -2.80. The molecule has 128 valence electrons. The molecule has 1 aromatic heterocycles. The van der Waals surface area contributed by atoms with Gasteiger partial charge in [-0.25, -0.2) is 9.78 Å². The predicted molar refractivity (Wildman–Crippen MR) is 101 cm³/mol. The molecule has 0 radical (unpaired) electrons. The van der Waals surface area contributed by atoms with Crippen molar-refractivity contribution in [2.45, 2.75) is 6.92 Å². The summed E-state index contributed by atoms with van der Waals surface area (Å²) in [7, 11) is 3.98. The second-order valence-electron chi connectivity index (χ2n) is 5.51. The van der Waals surface area contributed by atoms with Gasteiger partial charge < -0.3 is 9.64 Å². The summed E-state index contributed by atoms with van der Waals surface area (Å²) in [5.41, 5.74) is 3.17. The minimum Gasteiger partial charge on any atom is -0.462 e. The summed E-state index contributed by atoms with van der Waals surface area (Å²) in [5.74, 6) is -0.332. The fourth-order valence-electron chi connectivity index (χ4n) is 2.21. The zero-order valence-electron chi connectivity index (χ0n) is 14.3. The molecule has 0 aliphatic heterocycles. The van der Waals surface area contributed by atoms with Gasteiger partial charge in [-0.1, -0.05) is 11.3 Å². The van der Waals surface area contributed by atoms with Crippen LogP contribution in [0.5, 0.6) is 0 Å². The van der Waals surface area contributed by atoms with Gasteiger partial charge in [0.25, 0.3) is 0 Å². The Bertz CT molecular complexity index is 916. The van der Waals surface area contributed by atoms with Crippen molar-refractivity contribution in [2.75, 3.05) is 25.6 Å². The molecule has 6 nitrogen and oxygen atoms in total. The summed E-state index contributed by atoms with van der Waals surface area (Å²) < 4.78 is 5.89. The number of anilines is 1. The van der Waals surface area contributed by atoms with E-state index in [0.29, 0.717) is 17.3 Å². The molecule has 0 N–H and O–H groups in total. The van der Waals surface area contributed by atoms with Gasteiger partial charge in [-0.05, 0) is 49.4 Å². The van der Waals surface area contributed by atoms with Crippen molar-refractivity contribution in [3.63, 3.8) is 0 Å². The highest BCUT2D eigenvalue weighted by Gasteiger charge is 2.10. The highest BCUT2D eigenvalue weighted by molar-refractivity contribution is 7.21. The maximum absolute atomic E-state index is 11.8. The number of benzene rings is 2. The average Bonchev–Trinajstić information content (AvgIpc) is 3.02. The number of hydrogen-bond donors (Lipinski definition) is 0. The molecule has 1 heterocycles. The van der Waals surface area contributed by atoms with Crippen LogP contribution >= 0.6 is 11.3 Å². The van der Waals surface area contributed by atoms with Crippen LogP contribution < -0.4 is 4.90 Å². The van der Waals surface area contributed by atoms with Crippen molar-refractivity contribution < 1.29 is 9.53 Å². The molecule has 3 rings (SSSR count). The molecule has 0 aliphatic carbocycles. The topological polar surface area (TPSA) is 67.1 Å². The molecular formula is C18H18N4O2S. The Balaban J connectivity index is 1.80. The molecule has 0 amide bonds. The van der Waals surface area contributed by atoms with Gasteiger partial charge in [0.2, 0.25) is 5.13 Å². The number of ether oxygens (including phenoxy) is 1. The molecular weight excluding hydrogens is 336 g/mol. The third-order valence-corrected chi connectivity index (χ3v) is 4.41. The first-order valence-corrected chi connectivity index (χ1v) is 8.65. The van der Waals surface area contributed by atoms with Crippen molar-refractivity contribution >= 4 is 44.0 Å². The van der Waals surface area contributed by atoms with Gasteiger partial charge >= 0.3 is 5.97 Å². The van der Waals surface area contributed by atoms with E-state index in [0.717, 1.165) is 21.6 Å². The fourth-order valence-corrected chi connectivity index (χ4v) is 3.04. The van der Waals surface area contributed by atoms with E-state index in [1.165, 1.54) is 11.3 Å². The number of azo groups is 1. The highest BCUT2D eigenvalue weighted by Crippen LogP contribution is 2.30. The first-order chi connectivity index (χ1) is 12.1. The van der Waals surface area contributed by atoms with Gasteiger partial charge in [-0.3, -0.25) is 0 Å². The Morgan fingerprint density at radius 1 is 1.16 bits per heavy atom. The Labute approximate surface area is 149 Å². The van der Waals surface area contributed by atoms with Crippen LogP contribution in [0.3, 0.4) is 0 Å². The highest BCUT2D eigenvalue weighted by atomic mass is 32.1. The van der Waals surface area contributed by atoms with E-state index in [2.05, 4.69) is 15.2 Å². The first-order valence-electron chi connectivity index (χ1n) is 7.83. The predicted octanol–water partition coefficient (Wildman–Crippen LogP) is 4.95. The van der Waals surface area contributed by atoms with E-state index in [9.17, 15) is 4.79 Å². The molecule has 25 heavy (non-hydrogen) atoms. The summed E-state index contributed by atoms with van der Waals surface area (Å²) in [6.45, 7) is 2.14. The molecule has 0 saturated carbocycles. The quantitative estimate of drug-likeness (QED) is 0.480. The first kappa shape index (κ1) is 17.0. The number of thiazole rings is 1. The molecule has 0 atom stereocenters. The Morgan fingerprint density at radius 2 is 1.92 bits per heavy atom. The lowest BCUT2D eigenvalue weighted by atomic mass is 10.2. The monoisotopic (exact) mass is 354 g/mol. The van der Waals surface area contributed by atoms with Gasteiger partial charge in [-0.15, -0.1) is 10.2 Å². The van der Waals surface area contributed by atoms with E-state index in [-0.39, 0.29) is 5.97 Å². The van der Waals surface area contributed by atoms with Crippen molar-refractivity contribution in [1.29, 1.82) is 0 Å². The van der Waals surface area contributed by atoms with Crippen molar-refractivity contribution in [3.05, 3.63) is 48.0 Å².